The van der Waals surface area contributed by atoms with Crippen molar-refractivity contribution in [3.63, 3.8) is 0 Å². The average molecular weight is 256 g/mol. The highest BCUT2D eigenvalue weighted by Gasteiger charge is 2.39. The van der Waals surface area contributed by atoms with Crippen LogP contribution in [0.25, 0.3) is 0 Å². The third kappa shape index (κ3) is 1.87. The second kappa shape index (κ2) is 4.17. The van der Waals surface area contributed by atoms with Crippen molar-refractivity contribution in [2.75, 3.05) is 0 Å². The number of halogens is 1. The highest BCUT2D eigenvalue weighted by molar-refractivity contribution is 5.48. The Bertz CT molecular complexity index is 648. The van der Waals surface area contributed by atoms with Gasteiger partial charge >= 0.3 is 0 Å². The number of benzene rings is 2. The molecule has 2 aromatic rings. The lowest BCUT2D eigenvalue weighted by atomic mass is 9.84. The molecule has 1 nitrogen and oxygen atoms in total. The third-order valence-electron chi connectivity index (χ3n) is 4.10. The molecule has 19 heavy (non-hydrogen) atoms. The molecule has 1 aliphatic carbocycles. The van der Waals surface area contributed by atoms with Crippen molar-refractivity contribution < 1.29 is 9.50 Å². The molecule has 1 atom stereocenters. The van der Waals surface area contributed by atoms with Crippen molar-refractivity contribution in [1.82, 2.24) is 0 Å². The standard InChI is InChI=1S/C17H17FO/c1-11-3-5-15(12(2)9-11)17(19)8-7-13-10-14(18)4-6-16(13)17/h3-6,9-10,19H,7-8H2,1-2H3. The Balaban J connectivity index is 2.16. The molecule has 0 fully saturated rings. The van der Waals surface area contributed by atoms with E-state index in [1.165, 1.54) is 17.7 Å². The Kier molecular flexibility index (Phi) is 2.72. The van der Waals surface area contributed by atoms with Crippen LogP contribution in [-0.4, -0.2) is 5.11 Å². The summed E-state index contributed by atoms with van der Waals surface area (Å²) in [4.78, 5) is 0. The monoisotopic (exact) mass is 256 g/mol. The van der Waals surface area contributed by atoms with Gasteiger partial charge in [0.05, 0.1) is 0 Å². The van der Waals surface area contributed by atoms with Crippen molar-refractivity contribution >= 4 is 0 Å². The van der Waals surface area contributed by atoms with Gasteiger partial charge in [0.1, 0.15) is 11.4 Å². The minimum atomic E-state index is -0.971. The largest absolute Gasteiger partial charge is 0.380 e. The van der Waals surface area contributed by atoms with Crippen LogP contribution in [0, 0.1) is 19.7 Å². The summed E-state index contributed by atoms with van der Waals surface area (Å²) in [6.45, 7) is 4.06. The van der Waals surface area contributed by atoms with E-state index in [1.807, 2.05) is 26.0 Å². The molecule has 1 aliphatic rings. The third-order valence-corrected chi connectivity index (χ3v) is 4.10. The molecular formula is C17H17FO. The summed E-state index contributed by atoms with van der Waals surface area (Å²) < 4.78 is 13.3. The predicted octanol–water partition coefficient (Wildman–Crippen LogP) is 3.62. The van der Waals surface area contributed by atoms with E-state index in [0.717, 1.165) is 28.7 Å². The molecule has 0 saturated carbocycles. The molecule has 1 N–H and O–H groups in total. The van der Waals surface area contributed by atoms with Crippen LogP contribution in [0.2, 0.25) is 0 Å². The first-order chi connectivity index (χ1) is 9.00. The number of aryl methyl sites for hydroxylation is 3. The summed E-state index contributed by atoms with van der Waals surface area (Å²) in [5, 5.41) is 11.1. The zero-order chi connectivity index (χ0) is 13.6. The summed E-state index contributed by atoms with van der Waals surface area (Å²) in [7, 11) is 0. The first-order valence-electron chi connectivity index (χ1n) is 6.60. The second-order valence-corrected chi connectivity index (χ2v) is 5.48. The topological polar surface area (TPSA) is 20.2 Å². The number of aliphatic hydroxyl groups is 1. The molecule has 0 radical (unpaired) electrons. The van der Waals surface area contributed by atoms with Crippen molar-refractivity contribution in [1.29, 1.82) is 0 Å². The molecule has 0 saturated heterocycles. The lowest BCUT2D eigenvalue weighted by Gasteiger charge is -2.26. The van der Waals surface area contributed by atoms with Crippen LogP contribution in [0.4, 0.5) is 4.39 Å². The number of hydrogen-bond acceptors (Lipinski definition) is 1. The molecule has 2 aromatic carbocycles. The lowest BCUT2D eigenvalue weighted by molar-refractivity contribution is 0.0822. The van der Waals surface area contributed by atoms with Gasteiger partial charge in [0, 0.05) is 0 Å². The van der Waals surface area contributed by atoms with Crippen LogP contribution in [0.5, 0.6) is 0 Å². The minimum Gasteiger partial charge on any atom is -0.380 e. The summed E-state index contributed by atoms with van der Waals surface area (Å²) in [5.74, 6) is -0.233. The fourth-order valence-corrected chi connectivity index (χ4v) is 3.18. The van der Waals surface area contributed by atoms with Crippen LogP contribution in [0.3, 0.4) is 0 Å². The zero-order valence-electron chi connectivity index (χ0n) is 11.2. The summed E-state index contributed by atoms with van der Waals surface area (Å²) >= 11 is 0. The first kappa shape index (κ1) is 12.4. The van der Waals surface area contributed by atoms with E-state index in [-0.39, 0.29) is 5.82 Å². The van der Waals surface area contributed by atoms with Gasteiger partial charge in [-0.25, -0.2) is 4.39 Å². The van der Waals surface area contributed by atoms with Crippen LogP contribution in [-0.2, 0) is 12.0 Å². The van der Waals surface area contributed by atoms with Crippen LogP contribution in [0.15, 0.2) is 36.4 Å². The quantitative estimate of drug-likeness (QED) is 0.826. The smallest absolute Gasteiger partial charge is 0.123 e. The first-order valence-corrected chi connectivity index (χ1v) is 6.60. The van der Waals surface area contributed by atoms with Crippen molar-refractivity contribution in [3.8, 4) is 0 Å². The van der Waals surface area contributed by atoms with E-state index in [9.17, 15) is 9.50 Å². The van der Waals surface area contributed by atoms with Gasteiger partial charge in [-0.3, -0.25) is 0 Å². The maximum absolute atomic E-state index is 13.3. The van der Waals surface area contributed by atoms with Gasteiger partial charge in [-0.15, -0.1) is 0 Å². The maximum atomic E-state index is 13.3. The van der Waals surface area contributed by atoms with Crippen LogP contribution in [0.1, 0.15) is 34.2 Å². The second-order valence-electron chi connectivity index (χ2n) is 5.48. The molecule has 1 unspecified atom stereocenters. The molecule has 0 aromatic heterocycles. The molecule has 0 spiro atoms. The summed E-state index contributed by atoms with van der Waals surface area (Å²) in [6.07, 6.45) is 1.34. The zero-order valence-corrected chi connectivity index (χ0v) is 11.2. The van der Waals surface area contributed by atoms with Gasteiger partial charge in [-0.05, 0) is 61.1 Å². The highest BCUT2D eigenvalue weighted by Crippen LogP contribution is 2.43. The Morgan fingerprint density at radius 3 is 2.53 bits per heavy atom. The van der Waals surface area contributed by atoms with Gasteiger partial charge in [-0.1, -0.05) is 29.8 Å². The molecule has 2 heteroatoms. The fraction of sp³-hybridized carbons (Fsp3) is 0.294. The number of fused-ring (bicyclic) bond motifs is 1. The van der Waals surface area contributed by atoms with E-state index in [1.54, 1.807) is 6.07 Å². The van der Waals surface area contributed by atoms with E-state index in [0.29, 0.717) is 6.42 Å². The molecular weight excluding hydrogens is 239 g/mol. The van der Waals surface area contributed by atoms with E-state index in [2.05, 4.69) is 6.07 Å². The van der Waals surface area contributed by atoms with Gasteiger partial charge in [0.15, 0.2) is 0 Å². The van der Waals surface area contributed by atoms with Gasteiger partial charge in [-0.2, -0.15) is 0 Å². The Hall–Kier alpha value is -1.67. The van der Waals surface area contributed by atoms with Crippen molar-refractivity contribution in [3.05, 3.63) is 70.0 Å². The van der Waals surface area contributed by atoms with E-state index in [4.69, 9.17) is 0 Å². The van der Waals surface area contributed by atoms with Crippen molar-refractivity contribution in [2.24, 2.45) is 0 Å². The normalized spacial score (nSPS) is 21.5. The van der Waals surface area contributed by atoms with Gasteiger partial charge < -0.3 is 5.11 Å². The van der Waals surface area contributed by atoms with Crippen LogP contribution < -0.4 is 0 Å². The molecule has 3 rings (SSSR count). The van der Waals surface area contributed by atoms with Crippen LogP contribution >= 0.6 is 0 Å². The molecule has 0 amide bonds. The predicted molar refractivity (Wildman–Crippen MR) is 73.6 cm³/mol. The minimum absolute atomic E-state index is 0.233. The highest BCUT2D eigenvalue weighted by atomic mass is 19.1. The molecule has 98 valence electrons. The molecule has 0 bridgehead atoms. The summed E-state index contributed by atoms with van der Waals surface area (Å²) in [5.41, 5.74) is 3.99. The lowest BCUT2D eigenvalue weighted by Crippen LogP contribution is -2.25. The Morgan fingerprint density at radius 1 is 1.05 bits per heavy atom. The molecule has 0 heterocycles. The Labute approximate surface area is 112 Å². The SMILES string of the molecule is Cc1ccc(C2(O)CCc3cc(F)ccc32)c(C)c1. The van der Waals surface area contributed by atoms with Gasteiger partial charge in [0.25, 0.3) is 0 Å². The van der Waals surface area contributed by atoms with E-state index >= 15 is 0 Å². The Morgan fingerprint density at radius 2 is 1.79 bits per heavy atom. The van der Waals surface area contributed by atoms with E-state index < -0.39 is 5.60 Å². The fourth-order valence-electron chi connectivity index (χ4n) is 3.18. The van der Waals surface area contributed by atoms with Gasteiger partial charge in [0.2, 0.25) is 0 Å². The molecule has 0 aliphatic heterocycles. The maximum Gasteiger partial charge on any atom is 0.123 e. The van der Waals surface area contributed by atoms with Crippen molar-refractivity contribution in [2.45, 2.75) is 32.3 Å². The average Bonchev–Trinajstić information content (AvgIpc) is 2.67. The summed E-state index contributed by atoms with van der Waals surface area (Å²) in [6, 6.07) is 10.8. The number of rotatable bonds is 1. The number of hydrogen-bond donors (Lipinski definition) is 1.